The molecule has 1 saturated heterocycles. The number of hydrogen-bond acceptors (Lipinski definition) is 5. The Morgan fingerprint density at radius 2 is 1.93 bits per heavy atom. The van der Waals surface area contributed by atoms with Gasteiger partial charge < -0.3 is 14.2 Å². The van der Waals surface area contributed by atoms with Gasteiger partial charge in [0.05, 0.1) is 6.61 Å². The molecule has 0 aromatic carbocycles. The van der Waals surface area contributed by atoms with Gasteiger partial charge in [-0.05, 0) is 13.3 Å². The summed E-state index contributed by atoms with van der Waals surface area (Å²) >= 11 is 0. The molecule has 0 bridgehead atoms. The maximum atomic E-state index is 11.4. The molecule has 0 radical (unpaired) electrons. The Kier molecular flexibility index (Phi) is 4.55. The second-order valence-electron chi connectivity index (χ2n) is 3.35. The molecule has 1 atom stereocenters. The number of esters is 2. The summed E-state index contributed by atoms with van der Waals surface area (Å²) in [6, 6.07) is 0. The topological polar surface area (TPSA) is 61.8 Å². The Morgan fingerprint density at radius 3 is 2.40 bits per heavy atom. The Hall–Kier alpha value is -1.10. The fraction of sp³-hybridized carbons (Fsp3) is 0.800. The van der Waals surface area contributed by atoms with Gasteiger partial charge in [0, 0.05) is 12.5 Å². The molecular formula is C10H16O5. The highest BCUT2D eigenvalue weighted by molar-refractivity contribution is 5.96. The molecule has 0 saturated carbocycles. The van der Waals surface area contributed by atoms with Crippen molar-refractivity contribution in [2.24, 2.45) is 11.8 Å². The number of ether oxygens (including phenoxy) is 3. The SMILES string of the molecule is CCOCC(CC)C1C(=O)OCOC1=O. The molecule has 0 amide bonds. The molecule has 0 aromatic heterocycles. The van der Waals surface area contributed by atoms with Crippen LogP contribution in [0.3, 0.4) is 0 Å². The Bertz CT molecular complexity index is 222. The van der Waals surface area contributed by atoms with Gasteiger partial charge in [-0.25, -0.2) is 0 Å². The fourth-order valence-electron chi connectivity index (χ4n) is 1.53. The lowest BCUT2D eigenvalue weighted by atomic mass is 9.90. The van der Waals surface area contributed by atoms with Crippen LogP contribution >= 0.6 is 0 Å². The fourth-order valence-corrected chi connectivity index (χ4v) is 1.53. The quantitative estimate of drug-likeness (QED) is 0.500. The summed E-state index contributed by atoms with van der Waals surface area (Å²) in [6.45, 7) is 4.44. The van der Waals surface area contributed by atoms with Crippen molar-refractivity contribution in [3.8, 4) is 0 Å². The van der Waals surface area contributed by atoms with E-state index < -0.39 is 17.9 Å². The number of carbonyl (C=O) groups is 2. The van der Waals surface area contributed by atoms with Gasteiger partial charge in [0.15, 0.2) is 5.92 Å². The van der Waals surface area contributed by atoms with Crippen molar-refractivity contribution in [3.05, 3.63) is 0 Å². The lowest BCUT2D eigenvalue weighted by Crippen LogP contribution is -2.41. The van der Waals surface area contributed by atoms with Crippen LogP contribution in [0.15, 0.2) is 0 Å². The first-order valence-electron chi connectivity index (χ1n) is 5.11. The first-order chi connectivity index (χ1) is 7.20. The largest absolute Gasteiger partial charge is 0.427 e. The molecule has 0 spiro atoms. The van der Waals surface area contributed by atoms with Crippen LogP contribution in [-0.2, 0) is 23.8 Å². The van der Waals surface area contributed by atoms with Crippen LogP contribution in [0.25, 0.3) is 0 Å². The molecule has 15 heavy (non-hydrogen) atoms. The highest BCUT2D eigenvalue weighted by Gasteiger charge is 2.39. The van der Waals surface area contributed by atoms with Crippen LogP contribution in [0.4, 0.5) is 0 Å². The first-order valence-corrected chi connectivity index (χ1v) is 5.11. The minimum Gasteiger partial charge on any atom is -0.427 e. The van der Waals surface area contributed by atoms with Crippen molar-refractivity contribution in [2.45, 2.75) is 20.3 Å². The first kappa shape index (κ1) is 12.0. The maximum absolute atomic E-state index is 11.4. The van der Waals surface area contributed by atoms with Gasteiger partial charge >= 0.3 is 11.9 Å². The van der Waals surface area contributed by atoms with Gasteiger partial charge in [0.25, 0.3) is 0 Å². The molecule has 1 fully saturated rings. The number of hydrogen-bond donors (Lipinski definition) is 0. The van der Waals surface area contributed by atoms with Crippen molar-refractivity contribution in [1.82, 2.24) is 0 Å². The van der Waals surface area contributed by atoms with Gasteiger partial charge in [0.1, 0.15) is 0 Å². The predicted octanol–water partition coefficient (Wildman–Crippen LogP) is 0.723. The molecule has 1 rings (SSSR count). The van der Waals surface area contributed by atoms with Crippen LogP contribution in [0.2, 0.25) is 0 Å². The summed E-state index contributed by atoms with van der Waals surface area (Å²) in [5.41, 5.74) is 0. The molecule has 1 aliphatic rings. The summed E-state index contributed by atoms with van der Waals surface area (Å²) in [5, 5.41) is 0. The number of rotatable bonds is 5. The third kappa shape index (κ3) is 2.92. The molecule has 1 unspecified atom stereocenters. The van der Waals surface area contributed by atoms with Crippen molar-refractivity contribution in [2.75, 3.05) is 20.0 Å². The van der Waals surface area contributed by atoms with E-state index >= 15 is 0 Å². The van der Waals surface area contributed by atoms with Crippen molar-refractivity contribution in [3.63, 3.8) is 0 Å². The van der Waals surface area contributed by atoms with E-state index in [-0.39, 0.29) is 12.7 Å². The average Bonchev–Trinajstić information content (AvgIpc) is 2.22. The lowest BCUT2D eigenvalue weighted by molar-refractivity contribution is -0.194. The van der Waals surface area contributed by atoms with Crippen LogP contribution in [0.5, 0.6) is 0 Å². The molecule has 1 aliphatic heterocycles. The Morgan fingerprint density at radius 1 is 1.33 bits per heavy atom. The van der Waals surface area contributed by atoms with Crippen LogP contribution in [-0.4, -0.2) is 31.9 Å². The van der Waals surface area contributed by atoms with E-state index in [9.17, 15) is 9.59 Å². The second kappa shape index (κ2) is 5.70. The highest BCUT2D eigenvalue weighted by atomic mass is 16.7. The summed E-state index contributed by atoms with van der Waals surface area (Å²) in [7, 11) is 0. The van der Waals surface area contributed by atoms with Crippen molar-refractivity contribution >= 4 is 11.9 Å². The zero-order valence-corrected chi connectivity index (χ0v) is 9.02. The molecule has 5 nitrogen and oxygen atoms in total. The summed E-state index contributed by atoms with van der Waals surface area (Å²) in [4.78, 5) is 22.8. The lowest BCUT2D eigenvalue weighted by Gasteiger charge is -2.26. The smallest absolute Gasteiger partial charge is 0.323 e. The summed E-state index contributed by atoms with van der Waals surface area (Å²) < 4.78 is 14.6. The number of carbonyl (C=O) groups excluding carboxylic acids is 2. The predicted molar refractivity (Wildman–Crippen MR) is 50.8 cm³/mol. The molecule has 0 N–H and O–H groups in total. The van der Waals surface area contributed by atoms with Gasteiger partial charge in [0.2, 0.25) is 6.79 Å². The van der Waals surface area contributed by atoms with Gasteiger partial charge in [-0.15, -0.1) is 0 Å². The van der Waals surface area contributed by atoms with E-state index in [0.29, 0.717) is 19.6 Å². The molecule has 5 heteroatoms. The monoisotopic (exact) mass is 216 g/mol. The van der Waals surface area contributed by atoms with Crippen LogP contribution in [0, 0.1) is 11.8 Å². The third-order valence-corrected chi connectivity index (χ3v) is 2.44. The Labute approximate surface area is 88.7 Å². The van der Waals surface area contributed by atoms with E-state index in [0.717, 1.165) is 0 Å². The van der Waals surface area contributed by atoms with E-state index in [1.165, 1.54) is 0 Å². The zero-order chi connectivity index (χ0) is 11.3. The Balaban J connectivity index is 2.62. The van der Waals surface area contributed by atoms with E-state index in [1.54, 1.807) is 0 Å². The molecule has 86 valence electrons. The summed E-state index contributed by atoms with van der Waals surface area (Å²) in [5.74, 6) is -1.99. The average molecular weight is 216 g/mol. The maximum Gasteiger partial charge on any atom is 0.323 e. The van der Waals surface area contributed by atoms with E-state index in [2.05, 4.69) is 9.47 Å². The van der Waals surface area contributed by atoms with Gasteiger partial charge in [-0.2, -0.15) is 0 Å². The van der Waals surface area contributed by atoms with Crippen LogP contribution < -0.4 is 0 Å². The van der Waals surface area contributed by atoms with E-state index in [1.807, 2.05) is 13.8 Å². The minimum atomic E-state index is -0.824. The molecule has 0 aromatic rings. The second-order valence-corrected chi connectivity index (χ2v) is 3.35. The normalized spacial score (nSPS) is 19.6. The van der Waals surface area contributed by atoms with Gasteiger partial charge in [-0.3, -0.25) is 9.59 Å². The van der Waals surface area contributed by atoms with E-state index in [4.69, 9.17) is 4.74 Å². The third-order valence-electron chi connectivity index (χ3n) is 2.44. The minimum absolute atomic E-state index is 0.162. The summed E-state index contributed by atoms with van der Waals surface area (Å²) in [6.07, 6.45) is 0.675. The molecule has 0 aliphatic carbocycles. The number of cyclic esters (lactones) is 2. The molecule has 1 heterocycles. The molecular weight excluding hydrogens is 200 g/mol. The van der Waals surface area contributed by atoms with Crippen LogP contribution in [0.1, 0.15) is 20.3 Å². The zero-order valence-electron chi connectivity index (χ0n) is 9.02. The van der Waals surface area contributed by atoms with Crippen molar-refractivity contribution < 1.29 is 23.8 Å². The van der Waals surface area contributed by atoms with Gasteiger partial charge in [-0.1, -0.05) is 6.92 Å². The standard InChI is InChI=1S/C10H16O5/c1-3-7(5-13-4-2)8-9(11)14-6-15-10(8)12/h7-8H,3-6H2,1-2H3. The van der Waals surface area contributed by atoms with Crippen molar-refractivity contribution in [1.29, 1.82) is 0 Å². The highest BCUT2D eigenvalue weighted by Crippen LogP contribution is 2.22.